The first-order chi connectivity index (χ1) is 10.4. The number of carbonyl (C=O) groups is 1. The van der Waals surface area contributed by atoms with E-state index in [1.54, 1.807) is 0 Å². The minimum Gasteiger partial charge on any atom is -0.335 e. The predicted molar refractivity (Wildman–Crippen MR) is 87.7 cm³/mol. The number of hydrogen-bond acceptors (Lipinski definition) is 2. The highest BCUT2D eigenvalue weighted by molar-refractivity contribution is 5.75. The maximum atomic E-state index is 12.6. The Balaban J connectivity index is 1.44. The lowest BCUT2D eigenvalue weighted by atomic mass is 9.43. The molecule has 2 unspecified atom stereocenters. The van der Waals surface area contributed by atoms with Crippen molar-refractivity contribution < 1.29 is 4.79 Å². The van der Waals surface area contributed by atoms with Crippen molar-refractivity contribution in [2.45, 2.75) is 76.8 Å². The number of rotatable bonds is 2. The van der Waals surface area contributed by atoms with E-state index in [4.69, 9.17) is 0 Å². The molecule has 2 atom stereocenters. The summed E-state index contributed by atoms with van der Waals surface area (Å²) in [6.45, 7) is 6.95. The fourth-order valence-corrected chi connectivity index (χ4v) is 7.02. The second kappa shape index (κ2) is 4.86. The lowest BCUT2D eigenvalue weighted by Gasteiger charge is -2.65. The Kier molecular flexibility index (Phi) is 3.27. The summed E-state index contributed by atoms with van der Waals surface area (Å²) in [6, 6.07) is 0.433. The maximum absolute atomic E-state index is 12.6. The van der Waals surface area contributed by atoms with E-state index in [2.05, 4.69) is 29.8 Å². The molecule has 22 heavy (non-hydrogen) atoms. The second-order valence-corrected chi connectivity index (χ2v) is 9.53. The number of nitrogens with one attached hydrogen (secondary N) is 3. The molecule has 4 bridgehead atoms. The SMILES string of the molecule is CC12CC3CC(C)(C1)CC(NC(=O)NC1CCNCC1)(C3)C2. The summed E-state index contributed by atoms with van der Waals surface area (Å²) >= 11 is 0. The molecule has 5 aliphatic rings. The molecule has 1 heterocycles. The van der Waals surface area contributed by atoms with Crippen LogP contribution in [0.1, 0.15) is 65.2 Å². The highest BCUT2D eigenvalue weighted by Crippen LogP contribution is 2.66. The van der Waals surface area contributed by atoms with E-state index in [1.807, 2.05) is 0 Å². The first kappa shape index (κ1) is 14.8. The molecule has 0 aromatic carbocycles. The topological polar surface area (TPSA) is 53.2 Å². The Morgan fingerprint density at radius 2 is 1.64 bits per heavy atom. The Bertz CT molecular complexity index is 453. The van der Waals surface area contributed by atoms with E-state index in [9.17, 15) is 4.79 Å². The average molecular weight is 305 g/mol. The van der Waals surface area contributed by atoms with Crippen LogP contribution in [0.4, 0.5) is 4.79 Å². The Morgan fingerprint density at radius 1 is 1.00 bits per heavy atom. The van der Waals surface area contributed by atoms with Gasteiger partial charge in [0.1, 0.15) is 0 Å². The summed E-state index contributed by atoms with van der Waals surface area (Å²) in [7, 11) is 0. The molecule has 2 amide bonds. The molecule has 4 nitrogen and oxygen atoms in total. The first-order valence-electron chi connectivity index (χ1n) is 9.17. The largest absolute Gasteiger partial charge is 0.335 e. The Hall–Kier alpha value is -0.770. The zero-order valence-corrected chi connectivity index (χ0v) is 14.1. The van der Waals surface area contributed by atoms with Crippen molar-refractivity contribution in [2.24, 2.45) is 16.7 Å². The molecule has 4 heteroatoms. The highest BCUT2D eigenvalue weighted by atomic mass is 16.2. The molecule has 1 aliphatic heterocycles. The molecule has 3 N–H and O–H groups in total. The monoisotopic (exact) mass is 305 g/mol. The minimum atomic E-state index is 0.0694. The van der Waals surface area contributed by atoms with Crippen LogP contribution < -0.4 is 16.0 Å². The molecule has 5 fully saturated rings. The number of urea groups is 1. The van der Waals surface area contributed by atoms with Gasteiger partial charge < -0.3 is 16.0 Å². The van der Waals surface area contributed by atoms with Gasteiger partial charge in [0.05, 0.1) is 0 Å². The van der Waals surface area contributed by atoms with Crippen LogP contribution in [-0.2, 0) is 0 Å². The van der Waals surface area contributed by atoms with Crippen molar-refractivity contribution >= 4 is 6.03 Å². The van der Waals surface area contributed by atoms with E-state index < -0.39 is 0 Å². The normalized spacial score (nSPS) is 47.5. The standard InChI is InChI=1S/C18H31N3O/c1-16-7-13-8-17(2,10-16)12-18(9-13,11-16)21-15(22)20-14-3-5-19-6-4-14/h13-14,19H,3-12H2,1-2H3,(H2,20,21,22). The second-order valence-electron chi connectivity index (χ2n) is 9.53. The van der Waals surface area contributed by atoms with Gasteiger partial charge in [-0.2, -0.15) is 0 Å². The number of piperidine rings is 1. The molecule has 0 aromatic heterocycles. The van der Waals surface area contributed by atoms with E-state index in [0.717, 1.165) is 31.8 Å². The lowest BCUT2D eigenvalue weighted by molar-refractivity contribution is -0.113. The van der Waals surface area contributed by atoms with Gasteiger partial charge in [-0.15, -0.1) is 0 Å². The van der Waals surface area contributed by atoms with Crippen LogP contribution in [0, 0.1) is 16.7 Å². The highest BCUT2D eigenvalue weighted by Gasteiger charge is 2.60. The van der Waals surface area contributed by atoms with E-state index in [0.29, 0.717) is 16.9 Å². The fraction of sp³-hybridized carbons (Fsp3) is 0.944. The van der Waals surface area contributed by atoms with Crippen molar-refractivity contribution in [1.29, 1.82) is 0 Å². The lowest BCUT2D eigenvalue weighted by Crippen LogP contribution is -2.66. The van der Waals surface area contributed by atoms with Gasteiger partial charge in [-0.1, -0.05) is 13.8 Å². The van der Waals surface area contributed by atoms with Crippen molar-refractivity contribution in [3.63, 3.8) is 0 Å². The van der Waals surface area contributed by atoms with Gasteiger partial charge in [0.25, 0.3) is 0 Å². The summed E-state index contributed by atoms with van der Waals surface area (Å²) in [4.78, 5) is 12.6. The minimum absolute atomic E-state index is 0.0694. The molecule has 1 saturated heterocycles. The molecular formula is C18H31N3O. The fourth-order valence-electron chi connectivity index (χ4n) is 7.02. The average Bonchev–Trinajstić information content (AvgIpc) is 2.34. The van der Waals surface area contributed by atoms with Gasteiger partial charge in [0.2, 0.25) is 0 Å². The molecular weight excluding hydrogens is 274 g/mol. The number of carbonyl (C=O) groups excluding carboxylic acids is 1. The van der Waals surface area contributed by atoms with Crippen LogP contribution in [0.3, 0.4) is 0 Å². The molecule has 4 saturated carbocycles. The zero-order valence-electron chi connectivity index (χ0n) is 14.1. The predicted octanol–water partition coefficient (Wildman–Crippen LogP) is 2.79. The van der Waals surface area contributed by atoms with Gasteiger partial charge in [-0.05, 0) is 81.2 Å². The van der Waals surface area contributed by atoms with Crippen molar-refractivity contribution in [3.05, 3.63) is 0 Å². The Labute approximate surface area is 134 Å². The molecule has 0 aromatic rings. The third kappa shape index (κ3) is 2.64. The third-order valence-electron chi connectivity index (χ3n) is 6.68. The van der Waals surface area contributed by atoms with Gasteiger partial charge in [0, 0.05) is 11.6 Å². The Morgan fingerprint density at radius 3 is 2.23 bits per heavy atom. The quantitative estimate of drug-likeness (QED) is 0.735. The maximum Gasteiger partial charge on any atom is 0.315 e. The van der Waals surface area contributed by atoms with Gasteiger partial charge in [-0.25, -0.2) is 4.79 Å². The van der Waals surface area contributed by atoms with Crippen LogP contribution in [-0.4, -0.2) is 30.7 Å². The van der Waals surface area contributed by atoms with Crippen LogP contribution in [0.25, 0.3) is 0 Å². The number of amides is 2. The smallest absolute Gasteiger partial charge is 0.315 e. The number of hydrogen-bond donors (Lipinski definition) is 3. The van der Waals surface area contributed by atoms with Crippen LogP contribution in [0.5, 0.6) is 0 Å². The summed E-state index contributed by atoms with van der Waals surface area (Å²) in [6.07, 6.45) is 9.80. The van der Waals surface area contributed by atoms with Crippen molar-refractivity contribution in [3.8, 4) is 0 Å². The molecule has 0 radical (unpaired) electrons. The van der Waals surface area contributed by atoms with Crippen molar-refractivity contribution in [1.82, 2.24) is 16.0 Å². The summed E-state index contributed by atoms with van der Waals surface area (Å²) in [5.41, 5.74) is 0.978. The first-order valence-corrected chi connectivity index (χ1v) is 9.17. The van der Waals surface area contributed by atoms with Crippen LogP contribution in [0.2, 0.25) is 0 Å². The van der Waals surface area contributed by atoms with E-state index in [-0.39, 0.29) is 11.6 Å². The van der Waals surface area contributed by atoms with E-state index in [1.165, 1.54) is 38.5 Å². The molecule has 5 rings (SSSR count). The molecule has 4 aliphatic carbocycles. The van der Waals surface area contributed by atoms with Gasteiger partial charge in [-0.3, -0.25) is 0 Å². The van der Waals surface area contributed by atoms with Crippen LogP contribution in [0.15, 0.2) is 0 Å². The van der Waals surface area contributed by atoms with Gasteiger partial charge in [0.15, 0.2) is 0 Å². The van der Waals surface area contributed by atoms with E-state index >= 15 is 0 Å². The molecule has 124 valence electrons. The van der Waals surface area contributed by atoms with Gasteiger partial charge >= 0.3 is 6.03 Å². The summed E-state index contributed by atoms with van der Waals surface area (Å²) in [5, 5.41) is 10.0. The summed E-state index contributed by atoms with van der Waals surface area (Å²) in [5.74, 6) is 0.824. The summed E-state index contributed by atoms with van der Waals surface area (Å²) < 4.78 is 0. The molecule has 0 spiro atoms. The third-order valence-corrected chi connectivity index (χ3v) is 6.68. The van der Waals surface area contributed by atoms with Crippen molar-refractivity contribution in [2.75, 3.05) is 13.1 Å². The zero-order chi connectivity index (χ0) is 15.4. The van der Waals surface area contributed by atoms with Crippen LogP contribution >= 0.6 is 0 Å².